The van der Waals surface area contributed by atoms with Crippen LogP contribution in [0.2, 0.25) is 0 Å². The van der Waals surface area contributed by atoms with Crippen molar-refractivity contribution in [1.29, 1.82) is 0 Å². The quantitative estimate of drug-likeness (QED) is 0.761. The Balaban J connectivity index is 2.15. The minimum atomic E-state index is -0.751. The molecule has 0 atom stereocenters. The number of hydrogen-bond acceptors (Lipinski definition) is 5. The van der Waals surface area contributed by atoms with Crippen LogP contribution in [0.1, 0.15) is 5.56 Å². The summed E-state index contributed by atoms with van der Waals surface area (Å²) in [6.45, 7) is -0.429. The van der Waals surface area contributed by atoms with Gasteiger partial charge < -0.3 is 19.1 Å². The Kier molecular flexibility index (Phi) is 4.67. The molecule has 0 amide bonds. The minimum absolute atomic E-state index is 0.0915. The third-order valence-electron chi connectivity index (χ3n) is 3.73. The lowest BCUT2D eigenvalue weighted by Crippen LogP contribution is -1.94. The van der Waals surface area contributed by atoms with Crippen LogP contribution < -0.4 is 9.47 Å². The minimum Gasteiger partial charge on any atom is -0.497 e. The maximum Gasteiger partial charge on any atom is 0.173 e. The second-order valence-electron chi connectivity index (χ2n) is 5.22. The Bertz CT molecular complexity index is 888. The zero-order valence-electron chi connectivity index (χ0n) is 13.5. The predicted octanol–water partition coefficient (Wildman–Crippen LogP) is 3.80. The predicted molar refractivity (Wildman–Crippen MR) is 86.3 cm³/mol. The average molecular weight is 347 g/mol. The first-order valence-electron chi connectivity index (χ1n) is 7.35. The van der Waals surface area contributed by atoms with Crippen LogP contribution in [0.3, 0.4) is 0 Å². The van der Waals surface area contributed by atoms with Crippen molar-refractivity contribution in [3.63, 3.8) is 0 Å². The van der Waals surface area contributed by atoms with E-state index in [1.807, 2.05) is 0 Å². The maximum absolute atomic E-state index is 13.5. The lowest BCUT2D eigenvalue weighted by atomic mass is 10.0. The van der Waals surface area contributed by atoms with E-state index >= 15 is 0 Å². The second kappa shape index (κ2) is 6.90. The van der Waals surface area contributed by atoms with Gasteiger partial charge in [0.05, 0.1) is 26.4 Å². The topological polar surface area (TPSA) is 64.7 Å². The molecule has 1 N–H and O–H groups in total. The summed E-state index contributed by atoms with van der Waals surface area (Å²) in [7, 11) is 3.01. The van der Waals surface area contributed by atoms with Crippen LogP contribution in [-0.2, 0) is 6.61 Å². The van der Waals surface area contributed by atoms with E-state index in [-0.39, 0.29) is 11.3 Å². The normalized spacial score (nSPS) is 10.8. The van der Waals surface area contributed by atoms with E-state index in [9.17, 15) is 13.9 Å². The fourth-order valence-corrected chi connectivity index (χ4v) is 2.57. The van der Waals surface area contributed by atoms with Gasteiger partial charge in [-0.2, -0.15) is 0 Å². The molecule has 0 aliphatic carbocycles. The van der Waals surface area contributed by atoms with Gasteiger partial charge in [0.1, 0.15) is 28.8 Å². The molecule has 0 unspecified atom stereocenters. The smallest absolute Gasteiger partial charge is 0.173 e. The molecule has 0 fully saturated rings. The van der Waals surface area contributed by atoms with Crippen molar-refractivity contribution in [2.75, 3.05) is 14.2 Å². The number of aromatic nitrogens is 1. The summed E-state index contributed by atoms with van der Waals surface area (Å²) in [5.41, 5.74) is 1.32. The van der Waals surface area contributed by atoms with Crippen LogP contribution >= 0.6 is 0 Å². The number of ether oxygens (including phenoxy) is 2. The highest BCUT2D eigenvalue weighted by Gasteiger charge is 2.22. The molecule has 0 aliphatic rings. The van der Waals surface area contributed by atoms with E-state index in [1.54, 1.807) is 18.2 Å². The van der Waals surface area contributed by atoms with Gasteiger partial charge in [0.15, 0.2) is 5.76 Å². The third-order valence-corrected chi connectivity index (χ3v) is 3.73. The van der Waals surface area contributed by atoms with Crippen LogP contribution in [-0.4, -0.2) is 24.5 Å². The Morgan fingerprint density at radius 3 is 2.36 bits per heavy atom. The Hall–Kier alpha value is -2.93. The van der Waals surface area contributed by atoms with Gasteiger partial charge in [-0.15, -0.1) is 0 Å². The van der Waals surface area contributed by atoms with Gasteiger partial charge >= 0.3 is 0 Å². The van der Waals surface area contributed by atoms with Crippen molar-refractivity contribution in [2.24, 2.45) is 0 Å². The van der Waals surface area contributed by atoms with Gasteiger partial charge in [-0.05, 0) is 24.3 Å². The molecule has 0 saturated heterocycles. The first kappa shape index (κ1) is 16.9. The van der Waals surface area contributed by atoms with Gasteiger partial charge in [-0.3, -0.25) is 0 Å². The van der Waals surface area contributed by atoms with Gasteiger partial charge in [0.2, 0.25) is 0 Å². The first-order chi connectivity index (χ1) is 12.1. The van der Waals surface area contributed by atoms with E-state index in [1.165, 1.54) is 14.2 Å². The van der Waals surface area contributed by atoms with Crippen LogP contribution in [0.5, 0.6) is 11.5 Å². The third kappa shape index (κ3) is 3.18. The van der Waals surface area contributed by atoms with Crippen LogP contribution in [0.25, 0.3) is 22.6 Å². The zero-order chi connectivity index (χ0) is 18.0. The van der Waals surface area contributed by atoms with E-state index in [0.717, 1.165) is 18.2 Å². The highest BCUT2D eigenvalue weighted by molar-refractivity contribution is 5.76. The summed E-state index contributed by atoms with van der Waals surface area (Å²) in [6.07, 6.45) is 0. The van der Waals surface area contributed by atoms with Crippen LogP contribution in [0.4, 0.5) is 8.78 Å². The lowest BCUT2D eigenvalue weighted by molar-refractivity contribution is 0.281. The molecule has 3 aromatic rings. The Morgan fingerprint density at radius 2 is 1.76 bits per heavy atom. The van der Waals surface area contributed by atoms with Gasteiger partial charge in [0.25, 0.3) is 0 Å². The molecule has 0 aliphatic heterocycles. The summed E-state index contributed by atoms with van der Waals surface area (Å²) in [5, 5.41) is 13.7. The van der Waals surface area contributed by atoms with Crippen molar-refractivity contribution in [3.05, 3.63) is 53.6 Å². The molecule has 130 valence electrons. The molecular weight excluding hydrogens is 332 g/mol. The van der Waals surface area contributed by atoms with Gasteiger partial charge in [-0.25, -0.2) is 8.78 Å². The second-order valence-corrected chi connectivity index (χ2v) is 5.22. The van der Waals surface area contributed by atoms with Crippen molar-refractivity contribution in [3.8, 4) is 34.1 Å². The number of halogens is 2. The molecule has 0 spiro atoms. The summed E-state index contributed by atoms with van der Waals surface area (Å²) < 4.78 is 42.7. The van der Waals surface area contributed by atoms with E-state index in [0.29, 0.717) is 28.3 Å². The van der Waals surface area contributed by atoms with Crippen molar-refractivity contribution in [2.45, 2.75) is 6.61 Å². The number of benzene rings is 2. The largest absolute Gasteiger partial charge is 0.497 e. The van der Waals surface area contributed by atoms with E-state index < -0.39 is 18.2 Å². The van der Waals surface area contributed by atoms with Crippen molar-refractivity contribution < 1.29 is 27.9 Å². The number of aliphatic hydroxyl groups is 1. The molecule has 1 aromatic heterocycles. The molecular formula is C18H15F2NO4. The van der Waals surface area contributed by atoms with E-state index in [4.69, 9.17) is 14.0 Å². The molecule has 25 heavy (non-hydrogen) atoms. The standard InChI is InChI=1S/C18H15F2NO4/c1-23-13-3-4-14(16(8-13)24-2)17-15(9-22)18(25-21-17)10-5-11(19)7-12(20)6-10/h3-8,22H,9H2,1-2H3. The number of rotatable bonds is 5. The zero-order valence-corrected chi connectivity index (χ0v) is 13.5. The number of aliphatic hydroxyl groups excluding tert-OH is 1. The van der Waals surface area contributed by atoms with Crippen molar-refractivity contribution in [1.82, 2.24) is 5.16 Å². The van der Waals surface area contributed by atoms with Crippen LogP contribution in [0, 0.1) is 11.6 Å². The van der Waals surface area contributed by atoms with Crippen molar-refractivity contribution >= 4 is 0 Å². The number of methoxy groups -OCH3 is 2. The van der Waals surface area contributed by atoms with Gasteiger partial charge in [0, 0.05) is 23.3 Å². The molecule has 0 saturated carbocycles. The molecule has 7 heteroatoms. The summed E-state index contributed by atoms with van der Waals surface area (Å²) in [6, 6.07) is 8.04. The maximum atomic E-state index is 13.5. The fraction of sp³-hybridized carbons (Fsp3) is 0.167. The Labute approximate surface area is 142 Å². The summed E-state index contributed by atoms with van der Waals surface area (Å²) >= 11 is 0. The lowest BCUT2D eigenvalue weighted by Gasteiger charge is -2.09. The molecule has 1 heterocycles. The molecule has 0 radical (unpaired) electrons. The monoisotopic (exact) mass is 347 g/mol. The Morgan fingerprint density at radius 1 is 1.04 bits per heavy atom. The highest BCUT2D eigenvalue weighted by atomic mass is 19.1. The molecule has 5 nitrogen and oxygen atoms in total. The van der Waals surface area contributed by atoms with E-state index in [2.05, 4.69) is 5.16 Å². The summed E-state index contributed by atoms with van der Waals surface area (Å²) in [4.78, 5) is 0. The first-order valence-corrected chi connectivity index (χ1v) is 7.35. The van der Waals surface area contributed by atoms with Gasteiger partial charge in [-0.1, -0.05) is 5.16 Å². The number of hydrogen-bond donors (Lipinski definition) is 1. The average Bonchev–Trinajstić information content (AvgIpc) is 3.04. The summed E-state index contributed by atoms with van der Waals surface area (Å²) in [5.74, 6) is -0.368. The number of nitrogens with zero attached hydrogens (tertiary/aromatic N) is 1. The fourth-order valence-electron chi connectivity index (χ4n) is 2.57. The highest BCUT2D eigenvalue weighted by Crippen LogP contribution is 2.38. The molecule has 3 rings (SSSR count). The molecule has 2 aromatic carbocycles. The van der Waals surface area contributed by atoms with Crippen LogP contribution in [0.15, 0.2) is 40.9 Å². The SMILES string of the molecule is COc1ccc(-c2noc(-c3cc(F)cc(F)c3)c2CO)c(OC)c1. The molecule has 0 bridgehead atoms.